The van der Waals surface area contributed by atoms with Crippen molar-refractivity contribution in [1.29, 1.82) is 0 Å². The summed E-state index contributed by atoms with van der Waals surface area (Å²) >= 11 is 0. The second-order valence-electron chi connectivity index (χ2n) is 3.84. The number of carbonyl (C=O) groups excluding carboxylic acids is 2. The van der Waals surface area contributed by atoms with Crippen molar-refractivity contribution in [3.05, 3.63) is 29.8 Å². The van der Waals surface area contributed by atoms with Gasteiger partial charge in [-0.2, -0.15) is 0 Å². The molecule has 2 amide bonds. The van der Waals surface area contributed by atoms with E-state index in [-0.39, 0.29) is 19.1 Å². The van der Waals surface area contributed by atoms with Gasteiger partial charge in [0.1, 0.15) is 5.75 Å². The maximum absolute atomic E-state index is 11.6. The van der Waals surface area contributed by atoms with Crippen LogP contribution in [0.15, 0.2) is 24.3 Å². The summed E-state index contributed by atoms with van der Waals surface area (Å²) in [6.45, 7) is 1.58. The second kappa shape index (κ2) is 6.61. The molecule has 18 heavy (non-hydrogen) atoms. The standard InChI is InChI=1S/C12H16N2O4/c1-8(15)6-14-12(17)9-2-4-10(5-3-9)18-7-11(13)16/h2-5,8,15H,6-7H2,1H3,(H2,13,16)(H,14,17)/t8-/m1/s1. The Morgan fingerprint density at radius 3 is 2.50 bits per heavy atom. The minimum atomic E-state index is -0.591. The highest BCUT2D eigenvalue weighted by Crippen LogP contribution is 2.11. The van der Waals surface area contributed by atoms with Crippen LogP contribution in [0, 0.1) is 0 Å². The van der Waals surface area contributed by atoms with Gasteiger partial charge in [0.05, 0.1) is 6.10 Å². The number of primary amides is 1. The summed E-state index contributed by atoms with van der Waals surface area (Å²) < 4.78 is 5.05. The lowest BCUT2D eigenvalue weighted by Crippen LogP contribution is -2.30. The molecule has 0 fully saturated rings. The number of nitrogens with one attached hydrogen (secondary N) is 1. The molecule has 1 rings (SSSR count). The van der Waals surface area contributed by atoms with Crippen molar-refractivity contribution in [3.63, 3.8) is 0 Å². The fraction of sp³-hybridized carbons (Fsp3) is 0.333. The van der Waals surface area contributed by atoms with Crippen LogP contribution < -0.4 is 15.8 Å². The Labute approximate surface area is 105 Å². The molecule has 1 aromatic carbocycles. The third kappa shape index (κ3) is 4.84. The minimum absolute atomic E-state index is 0.193. The van der Waals surface area contributed by atoms with Crippen molar-refractivity contribution in [1.82, 2.24) is 5.32 Å². The van der Waals surface area contributed by atoms with Gasteiger partial charge in [-0.3, -0.25) is 9.59 Å². The van der Waals surface area contributed by atoms with Gasteiger partial charge in [0.25, 0.3) is 11.8 Å². The Balaban J connectivity index is 2.53. The number of rotatable bonds is 6. The predicted molar refractivity (Wildman–Crippen MR) is 65.1 cm³/mol. The highest BCUT2D eigenvalue weighted by atomic mass is 16.5. The summed E-state index contributed by atoms with van der Waals surface area (Å²) in [5, 5.41) is 11.6. The van der Waals surface area contributed by atoms with E-state index in [0.29, 0.717) is 11.3 Å². The van der Waals surface area contributed by atoms with Gasteiger partial charge < -0.3 is 20.9 Å². The molecule has 98 valence electrons. The first-order chi connectivity index (χ1) is 8.49. The number of benzene rings is 1. The third-order valence-corrected chi connectivity index (χ3v) is 2.06. The van der Waals surface area contributed by atoms with Crippen molar-refractivity contribution in [2.24, 2.45) is 5.73 Å². The van der Waals surface area contributed by atoms with Crippen LogP contribution in [0.5, 0.6) is 5.75 Å². The van der Waals surface area contributed by atoms with E-state index in [1.807, 2.05) is 0 Å². The number of amides is 2. The number of hydrogen-bond acceptors (Lipinski definition) is 4. The molecule has 0 spiro atoms. The van der Waals surface area contributed by atoms with E-state index >= 15 is 0 Å². The smallest absolute Gasteiger partial charge is 0.255 e. The van der Waals surface area contributed by atoms with E-state index in [2.05, 4.69) is 5.32 Å². The van der Waals surface area contributed by atoms with E-state index in [0.717, 1.165) is 0 Å². The van der Waals surface area contributed by atoms with Crippen LogP contribution in [0.3, 0.4) is 0 Å². The van der Waals surface area contributed by atoms with Gasteiger partial charge >= 0.3 is 0 Å². The molecule has 0 radical (unpaired) electrons. The lowest BCUT2D eigenvalue weighted by Gasteiger charge is -2.08. The zero-order valence-electron chi connectivity index (χ0n) is 10.1. The lowest BCUT2D eigenvalue weighted by atomic mass is 10.2. The predicted octanol–water partition coefficient (Wildman–Crippen LogP) is -0.339. The maximum Gasteiger partial charge on any atom is 0.255 e. The number of ether oxygens (including phenoxy) is 1. The molecule has 4 N–H and O–H groups in total. The first kappa shape index (κ1) is 14.0. The van der Waals surface area contributed by atoms with Crippen LogP contribution in [-0.4, -0.2) is 36.2 Å². The topological polar surface area (TPSA) is 102 Å². The van der Waals surface area contributed by atoms with Gasteiger partial charge in [-0.15, -0.1) is 0 Å². The van der Waals surface area contributed by atoms with Crippen molar-refractivity contribution < 1.29 is 19.4 Å². The van der Waals surface area contributed by atoms with Crippen LogP contribution in [0.25, 0.3) is 0 Å². The average Bonchev–Trinajstić information content (AvgIpc) is 2.34. The molecule has 0 unspecified atom stereocenters. The van der Waals surface area contributed by atoms with Crippen LogP contribution in [0.2, 0.25) is 0 Å². The molecule has 0 bridgehead atoms. The lowest BCUT2D eigenvalue weighted by molar-refractivity contribution is -0.119. The van der Waals surface area contributed by atoms with Crippen molar-refractivity contribution in [3.8, 4) is 5.75 Å². The van der Waals surface area contributed by atoms with Gasteiger partial charge in [-0.1, -0.05) is 0 Å². The first-order valence-electron chi connectivity index (χ1n) is 5.46. The molecule has 1 aromatic rings. The Hall–Kier alpha value is -2.08. The van der Waals surface area contributed by atoms with Crippen molar-refractivity contribution in [2.45, 2.75) is 13.0 Å². The number of aliphatic hydroxyl groups is 1. The molecule has 0 saturated heterocycles. The van der Waals surface area contributed by atoms with Gasteiger partial charge in [0.15, 0.2) is 6.61 Å². The zero-order valence-corrected chi connectivity index (χ0v) is 10.1. The molecule has 0 saturated carbocycles. The summed E-state index contributed by atoms with van der Waals surface area (Å²) in [7, 11) is 0. The van der Waals surface area contributed by atoms with Crippen molar-refractivity contribution in [2.75, 3.05) is 13.2 Å². The Bertz CT molecular complexity index is 415. The Kier molecular flexibility index (Phi) is 5.13. The van der Waals surface area contributed by atoms with Crippen molar-refractivity contribution >= 4 is 11.8 Å². The summed E-state index contributed by atoms with van der Waals surface area (Å²) in [6.07, 6.45) is -0.591. The van der Waals surface area contributed by atoms with Crippen LogP contribution in [-0.2, 0) is 4.79 Å². The molecule has 6 nitrogen and oxygen atoms in total. The summed E-state index contributed by atoms with van der Waals surface area (Å²) in [5.41, 5.74) is 5.38. The summed E-state index contributed by atoms with van der Waals surface area (Å²) in [5.74, 6) is -0.382. The highest BCUT2D eigenvalue weighted by Gasteiger charge is 2.06. The highest BCUT2D eigenvalue weighted by molar-refractivity contribution is 5.94. The fourth-order valence-electron chi connectivity index (χ4n) is 1.20. The number of aliphatic hydroxyl groups excluding tert-OH is 1. The van der Waals surface area contributed by atoms with Gasteiger partial charge in [-0.05, 0) is 31.2 Å². The molecule has 0 aliphatic heterocycles. The molecule has 6 heteroatoms. The van der Waals surface area contributed by atoms with Crippen LogP contribution in [0.1, 0.15) is 17.3 Å². The monoisotopic (exact) mass is 252 g/mol. The average molecular weight is 252 g/mol. The zero-order chi connectivity index (χ0) is 13.5. The molecular formula is C12H16N2O4. The summed E-state index contributed by atoms with van der Waals surface area (Å²) in [6, 6.07) is 6.27. The second-order valence-corrected chi connectivity index (χ2v) is 3.84. The Morgan fingerprint density at radius 2 is 2.00 bits per heavy atom. The van der Waals surface area contributed by atoms with E-state index in [1.165, 1.54) is 0 Å². The number of hydrogen-bond donors (Lipinski definition) is 3. The van der Waals surface area contributed by atoms with Crippen LogP contribution in [0.4, 0.5) is 0 Å². The normalized spacial score (nSPS) is 11.7. The first-order valence-corrected chi connectivity index (χ1v) is 5.46. The largest absolute Gasteiger partial charge is 0.484 e. The van der Waals surface area contributed by atoms with E-state index < -0.39 is 12.0 Å². The molecule has 0 heterocycles. The summed E-state index contributed by atoms with van der Waals surface area (Å²) in [4.78, 5) is 22.1. The number of carbonyl (C=O) groups is 2. The molecular weight excluding hydrogens is 236 g/mol. The molecule has 1 atom stereocenters. The van der Waals surface area contributed by atoms with Crippen LogP contribution >= 0.6 is 0 Å². The van der Waals surface area contributed by atoms with E-state index in [9.17, 15) is 9.59 Å². The quantitative estimate of drug-likeness (QED) is 0.644. The van der Waals surface area contributed by atoms with E-state index in [4.69, 9.17) is 15.6 Å². The fourth-order valence-corrected chi connectivity index (χ4v) is 1.20. The molecule has 0 aliphatic carbocycles. The Morgan fingerprint density at radius 1 is 1.39 bits per heavy atom. The van der Waals surface area contributed by atoms with Gasteiger partial charge in [0.2, 0.25) is 0 Å². The number of nitrogens with two attached hydrogens (primary N) is 1. The maximum atomic E-state index is 11.6. The van der Waals surface area contributed by atoms with Gasteiger partial charge in [0, 0.05) is 12.1 Å². The third-order valence-electron chi connectivity index (χ3n) is 2.06. The molecule has 0 aromatic heterocycles. The van der Waals surface area contributed by atoms with Gasteiger partial charge in [-0.25, -0.2) is 0 Å². The SMILES string of the molecule is C[C@@H](O)CNC(=O)c1ccc(OCC(N)=O)cc1. The molecule has 0 aliphatic rings. The minimum Gasteiger partial charge on any atom is -0.484 e. The van der Waals surface area contributed by atoms with E-state index in [1.54, 1.807) is 31.2 Å².